The molecule has 0 radical (unpaired) electrons. The minimum absolute atomic E-state index is 0.0830. The number of carbonyl (C=O) groups excluding carboxylic acids is 1. The molecular weight excluding hydrogens is 202 g/mol. The number of hydrogen-bond donors (Lipinski definition) is 2. The third-order valence-corrected chi connectivity index (χ3v) is 3.45. The first kappa shape index (κ1) is 11.7. The summed E-state index contributed by atoms with van der Waals surface area (Å²) in [5, 5.41) is 6.51. The van der Waals surface area contributed by atoms with Gasteiger partial charge in [-0.2, -0.15) is 0 Å². The van der Waals surface area contributed by atoms with Crippen LogP contribution in [0.3, 0.4) is 0 Å². The number of hydrogen-bond acceptors (Lipinski definition) is 2. The minimum Gasteiger partial charge on any atom is -0.333 e. The first-order valence-corrected chi connectivity index (χ1v) is 6.26. The zero-order chi connectivity index (χ0) is 11.8. The summed E-state index contributed by atoms with van der Waals surface area (Å²) in [4.78, 5) is 13.9. The van der Waals surface area contributed by atoms with Gasteiger partial charge in [-0.3, -0.25) is 0 Å². The second kappa shape index (κ2) is 4.24. The lowest BCUT2D eigenvalue weighted by molar-refractivity contribution is 0.154. The summed E-state index contributed by atoms with van der Waals surface area (Å²) in [7, 11) is 0. The highest BCUT2D eigenvalue weighted by atomic mass is 16.2. The van der Waals surface area contributed by atoms with E-state index in [1.54, 1.807) is 0 Å². The molecule has 0 aromatic heterocycles. The minimum atomic E-state index is -0.142. The fourth-order valence-electron chi connectivity index (χ4n) is 2.62. The van der Waals surface area contributed by atoms with Crippen LogP contribution >= 0.6 is 0 Å². The maximum atomic E-state index is 12.0. The van der Waals surface area contributed by atoms with Crippen molar-refractivity contribution in [2.24, 2.45) is 5.92 Å². The van der Waals surface area contributed by atoms with Gasteiger partial charge < -0.3 is 15.5 Å². The Bertz CT molecular complexity index is 272. The Morgan fingerprint density at radius 1 is 1.38 bits per heavy atom. The van der Waals surface area contributed by atoms with Crippen LogP contribution in [0, 0.1) is 5.92 Å². The van der Waals surface area contributed by atoms with Crippen LogP contribution in [0.4, 0.5) is 4.79 Å². The molecule has 2 rings (SSSR count). The number of rotatable bonds is 0. The van der Waals surface area contributed by atoms with Gasteiger partial charge in [0.05, 0.1) is 0 Å². The van der Waals surface area contributed by atoms with E-state index in [2.05, 4.69) is 10.6 Å². The number of fused-ring (bicyclic) bond motifs is 1. The molecule has 16 heavy (non-hydrogen) atoms. The average Bonchev–Trinajstić information content (AvgIpc) is 2.61. The van der Waals surface area contributed by atoms with Gasteiger partial charge >= 0.3 is 6.03 Å². The maximum absolute atomic E-state index is 12.0. The van der Waals surface area contributed by atoms with E-state index < -0.39 is 0 Å². The van der Waals surface area contributed by atoms with Crippen LogP contribution in [0.25, 0.3) is 0 Å². The summed E-state index contributed by atoms with van der Waals surface area (Å²) in [5.41, 5.74) is -0.142. The molecule has 2 amide bonds. The van der Waals surface area contributed by atoms with Crippen LogP contribution in [-0.2, 0) is 0 Å². The van der Waals surface area contributed by atoms with Gasteiger partial charge in [0, 0.05) is 24.7 Å². The molecule has 2 heterocycles. The standard InChI is InChI=1S/C12H23N3O/c1-12(2,3)14-11(16)15-7-5-9-4-6-13-10(9)8-15/h9-10,13H,4-8H2,1-3H3,(H,14,16)/t9-,10+/m0/s1. The molecule has 92 valence electrons. The van der Waals surface area contributed by atoms with E-state index in [-0.39, 0.29) is 11.6 Å². The molecule has 2 saturated heterocycles. The first-order valence-electron chi connectivity index (χ1n) is 6.26. The normalized spacial score (nSPS) is 30.1. The molecule has 0 aromatic carbocycles. The van der Waals surface area contributed by atoms with E-state index in [9.17, 15) is 4.79 Å². The van der Waals surface area contributed by atoms with Gasteiger partial charge in [-0.15, -0.1) is 0 Å². The summed E-state index contributed by atoms with van der Waals surface area (Å²) in [6.45, 7) is 8.95. The Morgan fingerprint density at radius 2 is 2.12 bits per heavy atom. The van der Waals surface area contributed by atoms with Gasteiger partial charge in [0.25, 0.3) is 0 Å². The van der Waals surface area contributed by atoms with Crippen LogP contribution in [0.5, 0.6) is 0 Å². The van der Waals surface area contributed by atoms with Gasteiger partial charge in [-0.25, -0.2) is 4.79 Å². The lowest BCUT2D eigenvalue weighted by Gasteiger charge is -2.36. The van der Waals surface area contributed by atoms with E-state index in [0.29, 0.717) is 6.04 Å². The van der Waals surface area contributed by atoms with E-state index in [1.165, 1.54) is 6.42 Å². The van der Waals surface area contributed by atoms with Crippen molar-refractivity contribution in [3.63, 3.8) is 0 Å². The molecule has 0 unspecified atom stereocenters. The number of nitrogens with zero attached hydrogens (tertiary/aromatic N) is 1. The number of amides is 2. The first-order chi connectivity index (χ1) is 7.46. The number of nitrogens with one attached hydrogen (secondary N) is 2. The third kappa shape index (κ3) is 2.67. The summed E-state index contributed by atoms with van der Waals surface area (Å²) in [6, 6.07) is 0.610. The molecule has 0 spiro atoms. The van der Waals surface area contributed by atoms with Crippen LogP contribution in [0.1, 0.15) is 33.6 Å². The molecular formula is C12H23N3O. The third-order valence-electron chi connectivity index (χ3n) is 3.45. The highest BCUT2D eigenvalue weighted by Crippen LogP contribution is 2.25. The molecule has 2 atom stereocenters. The van der Waals surface area contributed by atoms with Crippen LogP contribution in [0.15, 0.2) is 0 Å². The van der Waals surface area contributed by atoms with E-state index in [1.807, 2.05) is 25.7 Å². The Balaban J connectivity index is 1.89. The lowest BCUT2D eigenvalue weighted by Crippen LogP contribution is -2.55. The second-order valence-corrected chi connectivity index (χ2v) is 6.02. The molecule has 4 nitrogen and oxygen atoms in total. The highest BCUT2D eigenvalue weighted by molar-refractivity contribution is 5.75. The summed E-state index contributed by atoms with van der Waals surface area (Å²) in [6.07, 6.45) is 2.43. The van der Waals surface area contributed by atoms with Crippen molar-refractivity contribution in [3.05, 3.63) is 0 Å². The van der Waals surface area contributed by atoms with Crippen molar-refractivity contribution < 1.29 is 4.79 Å². The Labute approximate surface area is 97.8 Å². The van der Waals surface area contributed by atoms with Gasteiger partial charge in [0.1, 0.15) is 0 Å². The molecule has 2 aliphatic rings. The number of piperidine rings is 1. The van der Waals surface area contributed by atoms with Crippen molar-refractivity contribution in [2.75, 3.05) is 19.6 Å². The van der Waals surface area contributed by atoms with E-state index in [4.69, 9.17) is 0 Å². The van der Waals surface area contributed by atoms with Gasteiger partial charge in [0.15, 0.2) is 0 Å². The Kier molecular flexibility index (Phi) is 3.10. The molecule has 2 N–H and O–H groups in total. The van der Waals surface area contributed by atoms with Crippen molar-refractivity contribution in [1.82, 2.24) is 15.5 Å². The molecule has 0 aromatic rings. The van der Waals surface area contributed by atoms with Crippen LogP contribution in [-0.4, -0.2) is 42.1 Å². The molecule has 4 heteroatoms. The smallest absolute Gasteiger partial charge is 0.317 e. The van der Waals surface area contributed by atoms with Gasteiger partial charge in [0.2, 0.25) is 0 Å². The quantitative estimate of drug-likeness (QED) is 0.650. The largest absolute Gasteiger partial charge is 0.333 e. The molecule has 2 aliphatic heterocycles. The summed E-state index contributed by atoms with van der Waals surface area (Å²) < 4.78 is 0. The zero-order valence-corrected chi connectivity index (χ0v) is 10.5. The topological polar surface area (TPSA) is 44.4 Å². The molecule has 0 bridgehead atoms. The van der Waals surface area contributed by atoms with Crippen molar-refractivity contribution in [3.8, 4) is 0 Å². The average molecular weight is 225 g/mol. The SMILES string of the molecule is CC(C)(C)NC(=O)N1CC[C@@H]2CCN[C@@H]2C1. The Hall–Kier alpha value is -0.770. The number of urea groups is 1. The maximum Gasteiger partial charge on any atom is 0.317 e. The zero-order valence-electron chi connectivity index (χ0n) is 10.5. The molecule has 0 aliphatic carbocycles. The molecule has 2 fully saturated rings. The van der Waals surface area contributed by atoms with Gasteiger partial charge in [-0.05, 0) is 46.1 Å². The predicted molar refractivity (Wildman–Crippen MR) is 64.4 cm³/mol. The fraction of sp³-hybridized carbons (Fsp3) is 0.917. The van der Waals surface area contributed by atoms with Crippen molar-refractivity contribution in [1.29, 1.82) is 0 Å². The van der Waals surface area contributed by atoms with E-state index in [0.717, 1.165) is 32.0 Å². The number of carbonyl (C=O) groups is 1. The van der Waals surface area contributed by atoms with Crippen LogP contribution < -0.4 is 10.6 Å². The van der Waals surface area contributed by atoms with Crippen LogP contribution in [0.2, 0.25) is 0 Å². The fourth-order valence-corrected chi connectivity index (χ4v) is 2.62. The van der Waals surface area contributed by atoms with Gasteiger partial charge in [-0.1, -0.05) is 0 Å². The van der Waals surface area contributed by atoms with Crippen molar-refractivity contribution in [2.45, 2.75) is 45.2 Å². The Morgan fingerprint density at radius 3 is 2.81 bits per heavy atom. The van der Waals surface area contributed by atoms with Crippen molar-refractivity contribution >= 4 is 6.03 Å². The summed E-state index contributed by atoms with van der Waals surface area (Å²) in [5.74, 6) is 0.790. The summed E-state index contributed by atoms with van der Waals surface area (Å²) >= 11 is 0. The monoisotopic (exact) mass is 225 g/mol. The van der Waals surface area contributed by atoms with E-state index >= 15 is 0 Å². The predicted octanol–water partition coefficient (Wildman–Crippen LogP) is 1.18. The second-order valence-electron chi connectivity index (χ2n) is 6.02. The molecule has 0 saturated carbocycles. The number of likely N-dealkylation sites (tertiary alicyclic amines) is 1. The highest BCUT2D eigenvalue weighted by Gasteiger charge is 2.34. The lowest BCUT2D eigenvalue weighted by atomic mass is 9.93.